The van der Waals surface area contributed by atoms with Crippen LogP contribution in [0.15, 0.2) is 61.4 Å². The maximum atomic E-state index is 11.3. The van der Waals surface area contributed by atoms with Gasteiger partial charge in [0.2, 0.25) is 0 Å². The fourth-order valence-corrected chi connectivity index (χ4v) is 2.39. The predicted octanol–water partition coefficient (Wildman–Crippen LogP) is 4.67. The Morgan fingerprint density at radius 1 is 1.12 bits per heavy atom. The highest BCUT2D eigenvalue weighted by atomic mass is 35.5. The van der Waals surface area contributed by atoms with Crippen LogP contribution in [0.2, 0.25) is 5.02 Å². The molecule has 25 heavy (non-hydrogen) atoms. The first-order valence-corrected chi connectivity index (χ1v) is 7.99. The van der Waals surface area contributed by atoms with Gasteiger partial charge in [-0.25, -0.2) is 0 Å². The molecule has 5 heteroatoms. The van der Waals surface area contributed by atoms with Crippen molar-refractivity contribution in [3.63, 3.8) is 0 Å². The van der Waals surface area contributed by atoms with E-state index in [1.165, 1.54) is 13.4 Å². The number of rotatable bonds is 9. The average molecular weight is 359 g/mol. The number of allylic oxidation sites excluding steroid dienone is 1. The Morgan fingerprint density at radius 2 is 1.80 bits per heavy atom. The van der Waals surface area contributed by atoms with Gasteiger partial charge in [0.25, 0.3) is 0 Å². The largest absolute Gasteiger partial charge is 0.504 e. The molecule has 0 radical (unpaired) electrons. The summed E-state index contributed by atoms with van der Waals surface area (Å²) in [6.45, 7) is 4.32. The summed E-state index contributed by atoms with van der Waals surface area (Å²) in [5.41, 5.74) is 1.92. The van der Waals surface area contributed by atoms with Gasteiger partial charge >= 0.3 is 0 Å². The Balaban J connectivity index is 2.14. The van der Waals surface area contributed by atoms with Crippen LogP contribution in [0.1, 0.15) is 11.1 Å². The molecule has 0 spiro atoms. The smallest absolute Gasteiger partial charge is 0.153 e. The van der Waals surface area contributed by atoms with Crippen LogP contribution in [-0.4, -0.2) is 20.0 Å². The van der Waals surface area contributed by atoms with Crippen LogP contribution in [0.5, 0.6) is 11.5 Å². The molecule has 4 nitrogen and oxygen atoms in total. The molecule has 0 saturated heterocycles. The summed E-state index contributed by atoms with van der Waals surface area (Å²) in [5.74, 6) is 1.42. The number of hydrogen-bond donors (Lipinski definition) is 0. The summed E-state index contributed by atoms with van der Waals surface area (Å²) >= 11 is 6.07. The molecule has 0 unspecified atom stereocenters. The summed E-state index contributed by atoms with van der Waals surface area (Å²) < 4.78 is 16.2. The molecule has 0 heterocycles. The number of hydrogen-bond acceptors (Lipinski definition) is 4. The van der Waals surface area contributed by atoms with Crippen LogP contribution in [0, 0.1) is 0 Å². The molecule has 0 bridgehead atoms. The number of aldehydes is 1. The third kappa shape index (κ3) is 5.40. The van der Waals surface area contributed by atoms with Gasteiger partial charge in [-0.05, 0) is 47.5 Å². The van der Waals surface area contributed by atoms with E-state index in [4.69, 9.17) is 25.8 Å². The van der Waals surface area contributed by atoms with E-state index in [0.717, 1.165) is 17.6 Å². The van der Waals surface area contributed by atoms with Crippen molar-refractivity contribution in [1.29, 1.82) is 0 Å². The quantitative estimate of drug-likeness (QED) is 0.283. The normalized spacial score (nSPS) is 10.9. The van der Waals surface area contributed by atoms with E-state index in [1.54, 1.807) is 24.3 Å². The minimum Gasteiger partial charge on any atom is -0.504 e. The minimum absolute atomic E-state index is 0.262. The zero-order valence-electron chi connectivity index (χ0n) is 13.9. The Morgan fingerprint density at radius 3 is 2.40 bits per heavy atom. The average Bonchev–Trinajstić information content (AvgIpc) is 2.64. The molecule has 0 aliphatic carbocycles. The number of carbonyl (C=O) groups is 1. The number of benzene rings is 2. The summed E-state index contributed by atoms with van der Waals surface area (Å²) in [7, 11) is 1.49. The Hall–Kier alpha value is -2.72. The van der Waals surface area contributed by atoms with Crippen LogP contribution in [0.25, 0.3) is 5.57 Å². The van der Waals surface area contributed by atoms with Crippen LogP contribution in [-0.2, 0) is 16.1 Å². The lowest BCUT2D eigenvalue weighted by Crippen LogP contribution is -2.01. The van der Waals surface area contributed by atoms with Crippen LogP contribution in [0.3, 0.4) is 0 Å². The zero-order valence-corrected chi connectivity index (χ0v) is 14.7. The van der Waals surface area contributed by atoms with E-state index < -0.39 is 0 Å². The molecular weight excluding hydrogens is 340 g/mol. The van der Waals surface area contributed by atoms with Crippen molar-refractivity contribution in [3.8, 4) is 11.5 Å². The molecule has 0 aromatic heterocycles. The first-order chi connectivity index (χ1) is 12.2. The van der Waals surface area contributed by atoms with Gasteiger partial charge in [0.1, 0.15) is 24.7 Å². The fourth-order valence-electron chi connectivity index (χ4n) is 2.19. The van der Waals surface area contributed by atoms with Crippen molar-refractivity contribution in [2.24, 2.45) is 0 Å². The van der Waals surface area contributed by atoms with Gasteiger partial charge in [-0.2, -0.15) is 0 Å². The molecule has 0 N–H and O–H groups in total. The van der Waals surface area contributed by atoms with Gasteiger partial charge in [0.05, 0.1) is 18.9 Å². The summed E-state index contributed by atoms with van der Waals surface area (Å²) in [6.07, 6.45) is 3.82. The molecule has 2 aromatic carbocycles. The van der Waals surface area contributed by atoms with E-state index >= 15 is 0 Å². The molecule has 0 aliphatic rings. The highest BCUT2D eigenvalue weighted by Crippen LogP contribution is 2.25. The number of carbonyl (C=O) groups excluding carboxylic acids is 1. The molecule has 0 amide bonds. The van der Waals surface area contributed by atoms with Gasteiger partial charge in [-0.15, -0.1) is 0 Å². The molecule has 130 valence electrons. The van der Waals surface area contributed by atoms with Crippen LogP contribution >= 0.6 is 11.6 Å². The number of halogens is 1. The topological polar surface area (TPSA) is 44.8 Å². The second kappa shape index (κ2) is 9.55. The van der Waals surface area contributed by atoms with Crippen LogP contribution in [0.4, 0.5) is 0 Å². The van der Waals surface area contributed by atoms with Gasteiger partial charge in [0.15, 0.2) is 6.29 Å². The first kappa shape index (κ1) is 18.6. The van der Waals surface area contributed by atoms with Crippen molar-refractivity contribution in [2.75, 3.05) is 13.7 Å². The summed E-state index contributed by atoms with van der Waals surface area (Å²) in [5, 5.41) is 0.568. The maximum absolute atomic E-state index is 11.3. The second-order valence-corrected chi connectivity index (χ2v) is 5.52. The number of methoxy groups -OCH3 is 1. The van der Waals surface area contributed by atoms with E-state index in [1.807, 2.05) is 24.3 Å². The highest BCUT2D eigenvalue weighted by Gasteiger charge is 2.10. The highest BCUT2D eigenvalue weighted by molar-refractivity contribution is 6.30. The molecule has 2 rings (SSSR count). The van der Waals surface area contributed by atoms with Gasteiger partial charge in [0, 0.05) is 5.02 Å². The summed E-state index contributed by atoms with van der Waals surface area (Å²) in [6, 6.07) is 12.5. The van der Waals surface area contributed by atoms with Gasteiger partial charge < -0.3 is 14.2 Å². The molecule has 0 aliphatic heterocycles. The van der Waals surface area contributed by atoms with Crippen LogP contribution < -0.4 is 9.47 Å². The lowest BCUT2D eigenvalue weighted by Gasteiger charge is -2.12. The van der Waals surface area contributed by atoms with Crippen molar-refractivity contribution in [2.45, 2.75) is 6.61 Å². The van der Waals surface area contributed by atoms with E-state index in [0.29, 0.717) is 28.5 Å². The molecule has 0 saturated carbocycles. The molecule has 0 atom stereocenters. The Bertz CT molecular complexity index is 751. The molecular formula is C20H19ClO4. The fraction of sp³-hybridized carbons (Fsp3) is 0.150. The molecule has 2 aromatic rings. The van der Waals surface area contributed by atoms with E-state index in [2.05, 4.69) is 6.58 Å². The Kier molecular flexibility index (Phi) is 7.11. The standard InChI is InChI=1S/C20H19ClO4/c1-3-10-24-18-5-7-19(8-6-18)25-14-15-11-17(21)4-9-20(15)16(12-22)13-23-2/h3-9,11-13H,1,10,14H2,2H3. The maximum Gasteiger partial charge on any atom is 0.153 e. The lowest BCUT2D eigenvalue weighted by atomic mass is 10.0. The van der Waals surface area contributed by atoms with Gasteiger partial charge in [-0.1, -0.05) is 30.3 Å². The SMILES string of the molecule is C=CCOc1ccc(OCc2cc(Cl)ccc2C(C=O)=COC)cc1. The minimum atomic E-state index is 0.262. The van der Waals surface area contributed by atoms with Crippen molar-refractivity contribution in [3.05, 3.63) is 77.5 Å². The molecule has 0 fully saturated rings. The third-order valence-electron chi connectivity index (χ3n) is 3.34. The van der Waals surface area contributed by atoms with E-state index in [-0.39, 0.29) is 6.61 Å². The Labute approximate surface area is 152 Å². The van der Waals surface area contributed by atoms with Gasteiger partial charge in [-0.3, -0.25) is 4.79 Å². The van der Waals surface area contributed by atoms with Crippen molar-refractivity contribution < 1.29 is 19.0 Å². The van der Waals surface area contributed by atoms with E-state index in [9.17, 15) is 4.79 Å². The summed E-state index contributed by atoms with van der Waals surface area (Å²) in [4.78, 5) is 11.3. The monoisotopic (exact) mass is 358 g/mol. The lowest BCUT2D eigenvalue weighted by molar-refractivity contribution is -0.103. The predicted molar refractivity (Wildman–Crippen MR) is 99.0 cm³/mol. The van der Waals surface area contributed by atoms with Crippen molar-refractivity contribution >= 4 is 23.5 Å². The third-order valence-corrected chi connectivity index (χ3v) is 3.57. The first-order valence-electron chi connectivity index (χ1n) is 7.61. The number of ether oxygens (including phenoxy) is 3. The zero-order chi connectivity index (χ0) is 18.1. The second-order valence-electron chi connectivity index (χ2n) is 5.09. The van der Waals surface area contributed by atoms with Crippen molar-refractivity contribution in [1.82, 2.24) is 0 Å².